The number of nitrogens with one attached hydrogen (secondary N) is 1. The molecule has 1 N–H and O–H groups in total. The van der Waals surface area contributed by atoms with E-state index in [1.807, 2.05) is 31.1 Å². The van der Waals surface area contributed by atoms with Crippen LogP contribution >= 0.6 is 0 Å². The average molecular weight is 374 g/mol. The Hall–Kier alpha value is -1.64. The molecule has 0 radical (unpaired) electrons. The number of rotatable bonds is 2. The zero-order valence-corrected chi connectivity index (χ0v) is 13.1. The van der Waals surface area contributed by atoms with Crippen LogP contribution in [0.1, 0.15) is 0 Å². The van der Waals surface area contributed by atoms with Gasteiger partial charge in [-0.15, -0.1) is 0 Å². The van der Waals surface area contributed by atoms with Crippen LogP contribution < -0.4 is 44.7 Å². The van der Waals surface area contributed by atoms with Gasteiger partial charge in [0.05, 0.1) is 18.5 Å². The summed E-state index contributed by atoms with van der Waals surface area (Å²) < 4.78 is 2.72. The minimum atomic E-state index is -0.429. The maximum absolute atomic E-state index is 11.5. The molecule has 0 aliphatic carbocycles. The van der Waals surface area contributed by atoms with E-state index >= 15 is 0 Å². The molecule has 0 saturated heterocycles. The number of aromatic nitrogens is 3. The van der Waals surface area contributed by atoms with Crippen LogP contribution in [0.4, 0.5) is 5.69 Å². The van der Waals surface area contributed by atoms with Crippen molar-refractivity contribution in [3.8, 4) is 5.82 Å². The number of nitrogens with zero attached hydrogens (tertiary/aromatic N) is 3. The van der Waals surface area contributed by atoms with E-state index in [1.54, 1.807) is 17.0 Å². The Labute approximate surface area is 127 Å². The van der Waals surface area contributed by atoms with Gasteiger partial charge < -0.3 is 28.9 Å². The molecular weight excluding hydrogens is 359 g/mol. The molecule has 2 aromatic rings. The predicted octanol–water partition coefficient (Wildman–Crippen LogP) is -3.58. The number of aromatic amines is 1. The smallest absolute Gasteiger partial charge is 0.415 e. The quantitative estimate of drug-likeness (QED) is 0.437. The van der Waals surface area contributed by atoms with E-state index in [9.17, 15) is 9.59 Å². The van der Waals surface area contributed by atoms with Crippen molar-refractivity contribution in [1.29, 1.82) is 0 Å². The molecule has 7 heteroatoms. The average Bonchev–Trinajstić information content (AvgIpc) is 2.35. The van der Waals surface area contributed by atoms with Gasteiger partial charge in [0, 0.05) is 39.0 Å². The zero-order valence-electron chi connectivity index (χ0n) is 10.9. The van der Waals surface area contributed by atoms with Gasteiger partial charge in [0.25, 0.3) is 11.4 Å². The highest BCUT2D eigenvalue weighted by molar-refractivity contribution is 5.41. The number of H-pyrrole nitrogens is 1. The first-order valence-corrected chi connectivity index (χ1v) is 5.48. The summed E-state index contributed by atoms with van der Waals surface area (Å²) in [7, 11) is 5.32. The fourth-order valence-electron chi connectivity index (χ4n) is 1.56. The highest BCUT2D eigenvalue weighted by Crippen LogP contribution is 2.06. The van der Waals surface area contributed by atoms with E-state index in [0.29, 0.717) is 5.82 Å². The monoisotopic (exact) mass is 374 g/mol. The third kappa shape index (κ3) is 3.22. The summed E-state index contributed by atoms with van der Waals surface area (Å²) >= 11 is 0. The van der Waals surface area contributed by atoms with E-state index in [0.717, 1.165) is 10.3 Å². The van der Waals surface area contributed by atoms with Gasteiger partial charge in [-0.05, 0) is 0 Å². The molecule has 0 atom stereocenters. The molecule has 102 valence electrons. The van der Waals surface area contributed by atoms with Crippen molar-refractivity contribution >= 4 is 5.69 Å². The van der Waals surface area contributed by atoms with Crippen molar-refractivity contribution in [2.24, 2.45) is 7.05 Å². The van der Waals surface area contributed by atoms with Crippen molar-refractivity contribution in [2.75, 3.05) is 19.0 Å². The topological polar surface area (TPSA) is 62.0 Å². The number of hydrogen-bond donors (Lipinski definition) is 1. The van der Waals surface area contributed by atoms with Crippen molar-refractivity contribution in [3.63, 3.8) is 0 Å². The SMILES string of the molecule is CN(C)c1cc[n+](-c2cc(=O)n(C)c(=O)[nH]2)cc1.[I-]. The first-order valence-electron chi connectivity index (χ1n) is 5.48. The lowest BCUT2D eigenvalue weighted by Gasteiger charge is -2.11. The van der Waals surface area contributed by atoms with E-state index in [-0.39, 0.29) is 29.5 Å². The zero-order chi connectivity index (χ0) is 13.3. The molecule has 0 unspecified atom stereocenters. The standard InChI is InChI=1S/C12H14N4O2.HI/c1-14(2)9-4-6-16(7-5-9)10-8-11(17)15(3)12(18)13-10;/h4-8H,1-3H3;1H. The second-order valence-corrected chi connectivity index (χ2v) is 4.22. The number of anilines is 1. The predicted molar refractivity (Wildman–Crippen MR) is 68.2 cm³/mol. The lowest BCUT2D eigenvalue weighted by molar-refractivity contribution is -0.599. The summed E-state index contributed by atoms with van der Waals surface area (Å²) in [5.41, 5.74) is 0.275. The first-order chi connectivity index (χ1) is 8.49. The van der Waals surface area contributed by atoms with Gasteiger partial charge in [0.15, 0.2) is 0 Å². The van der Waals surface area contributed by atoms with Crippen molar-refractivity contribution < 1.29 is 28.5 Å². The Bertz CT molecular complexity index is 642. The van der Waals surface area contributed by atoms with E-state index < -0.39 is 5.69 Å². The number of hydrogen-bond acceptors (Lipinski definition) is 3. The van der Waals surface area contributed by atoms with Crippen molar-refractivity contribution in [1.82, 2.24) is 9.55 Å². The van der Waals surface area contributed by atoms with Crippen LogP contribution in [0.2, 0.25) is 0 Å². The van der Waals surface area contributed by atoms with Crippen LogP contribution in [0.5, 0.6) is 0 Å². The Balaban J connectivity index is 0.00000180. The maximum Gasteiger partial charge on any atom is 0.415 e. The fraction of sp³-hybridized carbons (Fsp3) is 0.250. The molecule has 0 saturated carbocycles. The lowest BCUT2D eigenvalue weighted by Crippen LogP contribution is -3.00. The molecule has 0 spiro atoms. The first kappa shape index (κ1) is 15.4. The van der Waals surface area contributed by atoms with Gasteiger partial charge >= 0.3 is 5.69 Å². The van der Waals surface area contributed by atoms with Gasteiger partial charge in [-0.25, -0.2) is 13.9 Å². The van der Waals surface area contributed by atoms with Gasteiger partial charge in [-0.2, -0.15) is 4.98 Å². The van der Waals surface area contributed by atoms with Crippen LogP contribution in [0.25, 0.3) is 5.82 Å². The molecule has 19 heavy (non-hydrogen) atoms. The van der Waals surface area contributed by atoms with Crippen LogP contribution in [0.3, 0.4) is 0 Å². The minimum absolute atomic E-state index is 0. The Morgan fingerprint density at radius 1 is 1.21 bits per heavy atom. The van der Waals surface area contributed by atoms with E-state index in [4.69, 9.17) is 0 Å². The van der Waals surface area contributed by atoms with Gasteiger partial charge in [-0.3, -0.25) is 4.79 Å². The molecule has 2 aromatic heterocycles. The fourth-order valence-corrected chi connectivity index (χ4v) is 1.56. The third-order valence-corrected chi connectivity index (χ3v) is 2.74. The number of halogens is 1. The minimum Gasteiger partial charge on any atom is -1.00 e. The lowest BCUT2D eigenvalue weighted by atomic mass is 10.4. The van der Waals surface area contributed by atoms with Crippen molar-refractivity contribution in [3.05, 3.63) is 51.4 Å². The third-order valence-electron chi connectivity index (χ3n) is 2.74. The molecule has 0 aliphatic heterocycles. The van der Waals surface area contributed by atoms with Crippen LogP contribution in [0, 0.1) is 0 Å². The molecule has 2 rings (SSSR count). The van der Waals surface area contributed by atoms with Crippen LogP contribution in [-0.2, 0) is 7.05 Å². The highest BCUT2D eigenvalue weighted by atomic mass is 127. The summed E-state index contributed by atoms with van der Waals surface area (Å²) in [6.45, 7) is 0. The maximum atomic E-state index is 11.5. The van der Waals surface area contributed by atoms with E-state index in [2.05, 4.69) is 4.98 Å². The normalized spacial score (nSPS) is 9.84. The second kappa shape index (κ2) is 6.00. The molecule has 0 aliphatic rings. The molecular formula is C12H15IN4O2. The van der Waals surface area contributed by atoms with Crippen LogP contribution in [0.15, 0.2) is 40.2 Å². The largest absolute Gasteiger partial charge is 1.00 e. The van der Waals surface area contributed by atoms with Gasteiger partial charge in [0.2, 0.25) is 0 Å². The summed E-state index contributed by atoms with van der Waals surface area (Å²) in [4.78, 5) is 27.6. The van der Waals surface area contributed by atoms with Gasteiger partial charge in [-0.1, -0.05) is 0 Å². The summed E-state index contributed by atoms with van der Waals surface area (Å²) in [6, 6.07) is 5.18. The molecule has 0 fully saturated rings. The molecule has 2 heterocycles. The summed E-state index contributed by atoms with van der Waals surface area (Å²) in [5.74, 6) is 0.452. The molecule has 0 bridgehead atoms. The van der Waals surface area contributed by atoms with E-state index in [1.165, 1.54) is 13.1 Å². The second-order valence-electron chi connectivity index (χ2n) is 4.22. The molecule has 0 amide bonds. The Morgan fingerprint density at radius 2 is 1.79 bits per heavy atom. The Kier molecular flexibility index (Phi) is 4.87. The van der Waals surface area contributed by atoms with Crippen LogP contribution in [-0.4, -0.2) is 23.6 Å². The van der Waals surface area contributed by atoms with Crippen molar-refractivity contribution in [2.45, 2.75) is 0 Å². The molecule has 6 nitrogen and oxygen atoms in total. The highest BCUT2D eigenvalue weighted by Gasteiger charge is 2.09. The number of pyridine rings is 1. The van der Waals surface area contributed by atoms with Gasteiger partial charge in [0.1, 0.15) is 0 Å². The summed E-state index contributed by atoms with van der Waals surface area (Å²) in [5, 5.41) is 0. The molecule has 0 aromatic carbocycles. The Morgan fingerprint density at radius 3 is 2.26 bits per heavy atom. The summed E-state index contributed by atoms with van der Waals surface area (Å²) in [6.07, 6.45) is 3.58.